The molecule has 0 unspecified atom stereocenters. The molecule has 2 N–H and O–H groups in total. The Morgan fingerprint density at radius 1 is 1.25 bits per heavy atom. The van der Waals surface area contributed by atoms with Crippen molar-refractivity contribution in [3.05, 3.63) is 33.2 Å². The summed E-state index contributed by atoms with van der Waals surface area (Å²) in [6.45, 7) is 9.42. The minimum Gasteiger partial charge on any atom is -0.385 e. The van der Waals surface area contributed by atoms with Gasteiger partial charge in [0.25, 0.3) is 0 Å². The van der Waals surface area contributed by atoms with Crippen LogP contribution in [0.2, 0.25) is 0 Å². The van der Waals surface area contributed by atoms with Gasteiger partial charge in [-0.05, 0) is 39.8 Å². The van der Waals surface area contributed by atoms with Crippen LogP contribution in [0.15, 0.2) is 11.0 Å². The van der Waals surface area contributed by atoms with Crippen LogP contribution in [0.25, 0.3) is 0 Å². The summed E-state index contributed by atoms with van der Waals surface area (Å²) in [4.78, 5) is 19.9. The Balaban J connectivity index is 1.70. The van der Waals surface area contributed by atoms with E-state index in [4.69, 9.17) is 4.74 Å². The maximum absolute atomic E-state index is 12.1. The van der Waals surface area contributed by atoms with Crippen LogP contribution in [0.4, 0.5) is 0 Å². The molecule has 3 rings (SSSR count). The Bertz CT molecular complexity index is 624. The van der Waals surface area contributed by atoms with Gasteiger partial charge in [-0.1, -0.05) is 0 Å². The summed E-state index contributed by atoms with van der Waals surface area (Å²) in [6, 6.07) is 0. The fraction of sp³-hybridized carbons (Fsp3) is 0.722. The predicted molar refractivity (Wildman–Crippen MR) is 93.3 cm³/mol. The van der Waals surface area contributed by atoms with Gasteiger partial charge in [-0.3, -0.25) is 9.69 Å². The van der Waals surface area contributed by atoms with Gasteiger partial charge in [0.2, 0.25) is 0 Å². The zero-order valence-electron chi connectivity index (χ0n) is 14.8. The number of hydrogen-bond donors (Lipinski definition) is 2. The van der Waals surface area contributed by atoms with Gasteiger partial charge in [-0.2, -0.15) is 0 Å². The number of rotatable bonds is 4. The number of hydrogen-bond acceptors (Lipinski definition) is 5. The van der Waals surface area contributed by atoms with Crippen molar-refractivity contribution in [2.45, 2.75) is 38.8 Å². The van der Waals surface area contributed by atoms with E-state index in [2.05, 4.69) is 14.8 Å². The standard InChI is InChI=1S/C18H29N3O3/c1-14-9-19-16(15(2)17(14)22)10-21-7-8-24-13-18(23,12-21)11-20-5-3-4-6-20/h9,23H,3-8,10-13H2,1-2H3,(H,19,22)/t18-/m1/s1. The van der Waals surface area contributed by atoms with Crippen molar-refractivity contribution < 1.29 is 9.84 Å². The summed E-state index contributed by atoms with van der Waals surface area (Å²) in [5.41, 5.74) is 1.68. The van der Waals surface area contributed by atoms with Crippen LogP contribution in [0.3, 0.4) is 0 Å². The molecule has 6 heteroatoms. The van der Waals surface area contributed by atoms with Gasteiger partial charge in [0.05, 0.1) is 13.2 Å². The van der Waals surface area contributed by atoms with Gasteiger partial charge in [0, 0.05) is 49.2 Å². The second-order valence-corrected chi connectivity index (χ2v) is 7.38. The number of aromatic amines is 1. The number of nitrogens with one attached hydrogen (secondary N) is 1. The van der Waals surface area contributed by atoms with Gasteiger partial charge >= 0.3 is 0 Å². The molecule has 0 aromatic carbocycles. The normalized spacial score (nSPS) is 26.6. The van der Waals surface area contributed by atoms with Crippen molar-refractivity contribution in [3.63, 3.8) is 0 Å². The van der Waals surface area contributed by atoms with Crippen LogP contribution < -0.4 is 5.43 Å². The van der Waals surface area contributed by atoms with E-state index in [1.165, 1.54) is 12.8 Å². The number of aromatic nitrogens is 1. The molecule has 2 fully saturated rings. The van der Waals surface area contributed by atoms with Gasteiger partial charge in [-0.15, -0.1) is 0 Å². The predicted octanol–water partition coefficient (Wildman–Crippen LogP) is 0.651. The number of nitrogens with zero attached hydrogens (tertiary/aromatic N) is 2. The number of aryl methyl sites for hydroxylation is 1. The minimum atomic E-state index is -0.847. The summed E-state index contributed by atoms with van der Waals surface area (Å²) in [7, 11) is 0. The maximum Gasteiger partial charge on any atom is 0.187 e. The van der Waals surface area contributed by atoms with Crippen molar-refractivity contribution in [2.75, 3.05) is 45.9 Å². The molecule has 24 heavy (non-hydrogen) atoms. The van der Waals surface area contributed by atoms with E-state index < -0.39 is 5.60 Å². The Kier molecular flexibility index (Phi) is 5.39. The molecule has 2 aliphatic heterocycles. The molecule has 2 aliphatic rings. The number of likely N-dealkylation sites (tertiary alicyclic amines) is 1. The van der Waals surface area contributed by atoms with E-state index in [0.29, 0.717) is 32.8 Å². The number of H-pyrrole nitrogens is 1. The molecular weight excluding hydrogens is 306 g/mol. The Morgan fingerprint density at radius 2 is 2.00 bits per heavy atom. The highest BCUT2D eigenvalue weighted by Crippen LogP contribution is 2.19. The largest absolute Gasteiger partial charge is 0.385 e. The lowest BCUT2D eigenvalue weighted by Crippen LogP contribution is -2.51. The molecule has 1 aromatic rings. The van der Waals surface area contributed by atoms with Crippen LogP contribution in [0, 0.1) is 13.8 Å². The third-order valence-corrected chi connectivity index (χ3v) is 5.15. The first-order valence-electron chi connectivity index (χ1n) is 8.89. The van der Waals surface area contributed by atoms with Crippen LogP contribution in [-0.4, -0.2) is 71.4 Å². The van der Waals surface area contributed by atoms with Gasteiger partial charge < -0.3 is 19.7 Å². The Labute approximate surface area is 143 Å². The van der Waals surface area contributed by atoms with Crippen molar-refractivity contribution in [1.29, 1.82) is 0 Å². The smallest absolute Gasteiger partial charge is 0.187 e. The van der Waals surface area contributed by atoms with E-state index >= 15 is 0 Å². The molecule has 6 nitrogen and oxygen atoms in total. The molecular formula is C18H29N3O3. The topological polar surface area (TPSA) is 68.8 Å². The van der Waals surface area contributed by atoms with E-state index in [0.717, 1.165) is 36.5 Å². The van der Waals surface area contributed by atoms with Crippen molar-refractivity contribution >= 4 is 0 Å². The van der Waals surface area contributed by atoms with Gasteiger partial charge in [0.15, 0.2) is 5.43 Å². The highest BCUT2D eigenvalue weighted by Gasteiger charge is 2.35. The van der Waals surface area contributed by atoms with E-state index in [1.807, 2.05) is 13.8 Å². The quantitative estimate of drug-likeness (QED) is 0.846. The molecule has 0 aliphatic carbocycles. The second-order valence-electron chi connectivity index (χ2n) is 7.38. The lowest BCUT2D eigenvalue weighted by atomic mass is 10.0. The van der Waals surface area contributed by atoms with E-state index in [9.17, 15) is 9.90 Å². The average molecular weight is 335 g/mol. The molecule has 0 bridgehead atoms. The number of pyridine rings is 1. The second kappa shape index (κ2) is 7.35. The highest BCUT2D eigenvalue weighted by molar-refractivity contribution is 5.23. The fourth-order valence-electron chi connectivity index (χ4n) is 3.77. The molecule has 3 heterocycles. The third-order valence-electron chi connectivity index (χ3n) is 5.15. The number of β-amino-alcohol motifs (C(OH)–C–C–N with tert-alkyl or cyclic N) is 1. The summed E-state index contributed by atoms with van der Waals surface area (Å²) in [5, 5.41) is 11.0. The molecule has 2 saturated heterocycles. The summed E-state index contributed by atoms with van der Waals surface area (Å²) in [6.07, 6.45) is 4.20. The SMILES string of the molecule is Cc1c[nH]c(CN2CCOC[C@@](O)(CN3CCCC3)C2)c(C)c1=O. The van der Waals surface area contributed by atoms with Crippen molar-refractivity contribution in [2.24, 2.45) is 0 Å². The molecule has 0 spiro atoms. The first-order chi connectivity index (χ1) is 11.5. The first kappa shape index (κ1) is 17.6. The molecule has 1 atom stereocenters. The minimum absolute atomic E-state index is 0.0992. The molecule has 0 amide bonds. The van der Waals surface area contributed by atoms with Crippen LogP contribution in [-0.2, 0) is 11.3 Å². The zero-order valence-corrected chi connectivity index (χ0v) is 14.8. The van der Waals surface area contributed by atoms with Crippen LogP contribution in [0.5, 0.6) is 0 Å². The molecule has 0 radical (unpaired) electrons. The lowest BCUT2D eigenvalue weighted by Gasteiger charge is -2.34. The molecule has 1 aromatic heterocycles. The number of ether oxygens (including phenoxy) is 1. The van der Waals surface area contributed by atoms with E-state index in [-0.39, 0.29) is 5.43 Å². The molecule has 0 saturated carbocycles. The zero-order chi connectivity index (χ0) is 17.2. The maximum atomic E-state index is 12.1. The highest BCUT2D eigenvalue weighted by atomic mass is 16.5. The average Bonchev–Trinajstić information content (AvgIpc) is 2.97. The van der Waals surface area contributed by atoms with Crippen molar-refractivity contribution in [3.8, 4) is 0 Å². The van der Waals surface area contributed by atoms with Gasteiger partial charge in [0.1, 0.15) is 5.60 Å². The fourth-order valence-corrected chi connectivity index (χ4v) is 3.77. The first-order valence-corrected chi connectivity index (χ1v) is 8.89. The Morgan fingerprint density at radius 3 is 2.75 bits per heavy atom. The lowest BCUT2D eigenvalue weighted by molar-refractivity contribution is -0.0549. The van der Waals surface area contributed by atoms with E-state index in [1.54, 1.807) is 6.20 Å². The van der Waals surface area contributed by atoms with Crippen LogP contribution in [0.1, 0.15) is 29.7 Å². The monoisotopic (exact) mass is 335 g/mol. The summed E-state index contributed by atoms with van der Waals surface area (Å²) >= 11 is 0. The summed E-state index contributed by atoms with van der Waals surface area (Å²) in [5.74, 6) is 0. The van der Waals surface area contributed by atoms with Crippen LogP contribution >= 0.6 is 0 Å². The van der Waals surface area contributed by atoms with Crippen molar-refractivity contribution in [1.82, 2.24) is 14.8 Å². The summed E-state index contributed by atoms with van der Waals surface area (Å²) < 4.78 is 5.67. The third kappa shape index (κ3) is 4.06. The molecule has 134 valence electrons. The Hall–Kier alpha value is -1.21. The number of aliphatic hydroxyl groups is 1. The van der Waals surface area contributed by atoms with Gasteiger partial charge in [-0.25, -0.2) is 0 Å².